The molecule has 2 rings (SSSR count). The summed E-state index contributed by atoms with van der Waals surface area (Å²) in [6, 6.07) is 5.42. The van der Waals surface area contributed by atoms with E-state index in [9.17, 15) is 19.1 Å². The number of likely N-dealkylation sites (N-methyl/N-ethyl adjacent to an activating group) is 2. The summed E-state index contributed by atoms with van der Waals surface area (Å²) < 4.78 is 14.5. The average Bonchev–Trinajstić information content (AvgIpc) is 2.60. The van der Waals surface area contributed by atoms with Crippen LogP contribution in [0.3, 0.4) is 0 Å². The number of rotatable bonds is 8. The zero-order chi connectivity index (χ0) is 20.1. The van der Waals surface area contributed by atoms with Crippen molar-refractivity contribution >= 4 is 5.97 Å². The quantitative estimate of drug-likeness (QED) is 0.765. The van der Waals surface area contributed by atoms with Crippen molar-refractivity contribution in [3.63, 3.8) is 0 Å². The second-order valence-corrected chi connectivity index (χ2v) is 6.97. The van der Waals surface area contributed by atoms with Gasteiger partial charge in [-0.3, -0.25) is 9.36 Å². The third kappa shape index (κ3) is 5.24. The summed E-state index contributed by atoms with van der Waals surface area (Å²) in [5.41, 5.74) is 0.843. The van der Waals surface area contributed by atoms with E-state index in [0.717, 1.165) is 25.2 Å². The summed E-state index contributed by atoms with van der Waals surface area (Å²) >= 11 is 0. The van der Waals surface area contributed by atoms with Crippen LogP contribution in [-0.4, -0.2) is 66.2 Å². The lowest BCUT2D eigenvalue weighted by Crippen LogP contribution is -2.31. The van der Waals surface area contributed by atoms with Crippen molar-refractivity contribution in [1.29, 1.82) is 0 Å². The Balaban J connectivity index is 2.38. The molecule has 0 unspecified atom stereocenters. The molecule has 7 heteroatoms. The first-order valence-electron chi connectivity index (χ1n) is 8.78. The Morgan fingerprint density at radius 1 is 1.11 bits per heavy atom. The lowest BCUT2D eigenvalue weighted by atomic mass is 10.0. The third-order valence-electron chi connectivity index (χ3n) is 4.58. The predicted octanol–water partition coefficient (Wildman–Crippen LogP) is 2.02. The molecule has 0 bridgehead atoms. The van der Waals surface area contributed by atoms with Gasteiger partial charge in [0.1, 0.15) is 11.4 Å². The number of carbonyl (C=O) groups is 1. The maximum atomic E-state index is 13.2. The third-order valence-corrected chi connectivity index (χ3v) is 4.58. The number of pyridine rings is 1. The van der Waals surface area contributed by atoms with Gasteiger partial charge in [0.25, 0.3) is 5.56 Å². The SMILES string of the molecule is Cc1c(CCN(C)CCN(C)C)cn(-c2ccc(F)cc2)c(=O)c1C(=O)O. The van der Waals surface area contributed by atoms with E-state index >= 15 is 0 Å². The summed E-state index contributed by atoms with van der Waals surface area (Å²) in [7, 11) is 6.03. The number of halogens is 1. The fourth-order valence-electron chi connectivity index (χ4n) is 2.84. The van der Waals surface area contributed by atoms with Crippen LogP contribution in [0.15, 0.2) is 35.3 Å². The van der Waals surface area contributed by atoms with Crippen LogP contribution in [0.5, 0.6) is 0 Å². The van der Waals surface area contributed by atoms with Gasteiger partial charge in [-0.2, -0.15) is 0 Å². The maximum Gasteiger partial charge on any atom is 0.341 e. The Morgan fingerprint density at radius 2 is 1.74 bits per heavy atom. The highest BCUT2D eigenvalue weighted by atomic mass is 19.1. The Morgan fingerprint density at radius 3 is 2.30 bits per heavy atom. The van der Waals surface area contributed by atoms with Gasteiger partial charge in [-0.15, -0.1) is 0 Å². The molecule has 0 amide bonds. The minimum atomic E-state index is -1.25. The molecule has 1 N–H and O–H groups in total. The Kier molecular flexibility index (Phi) is 6.87. The van der Waals surface area contributed by atoms with Crippen LogP contribution in [0.25, 0.3) is 5.69 Å². The minimum absolute atomic E-state index is 0.243. The summed E-state index contributed by atoms with van der Waals surface area (Å²) in [5, 5.41) is 9.52. The molecular weight excluding hydrogens is 349 g/mol. The van der Waals surface area contributed by atoms with Gasteiger partial charge in [-0.05, 0) is 69.9 Å². The predicted molar refractivity (Wildman–Crippen MR) is 103 cm³/mol. The summed E-state index contributed by atoms with van der Waals surface area (Å²) in [6.07, 6.45) is 2.27. The molecule has 0 aliphatic rings. The lowest BCUT2D eigenvalue weighted by molar-refractivity contribution is 0.0693. The molecule has 2 aromatic rings. The molecule has 0 aliphatic carbocycles. The van der Waals surface area contributed by atoms with E-state index < -0.39 is 17.3 Å². The molecule has 0 saturated heterocycles. The molecular formula is C20H26FN3O3. The van der Waals surface area contributed by atoms with Gasteiger partial charge in [0.15, 0.2) is 0 Å². The molecule has 146 valence electrons. The summed E-state index contributed by atoms with van der Waals surface area (Å²) in [6.45, 7) is 4.20. The Bertz CT molecular complexity index is 860. The van der Waals surface area contributed by atoms with Gasteiger partial charge in [-0.25, -0.2) is 9.18 Å². The maximum absolute atomic E-state index is 13.2. The number of carboxylic acid groups (broad SMARTS) is 1. The number of hydrogen-bond donors (Lipinski definition) is 1. The number of aromatic carboxylic acids is 1. The molecule has 0 spiro atoms. The van der Waals surface area contributed by atoms with E-state index in [4.69, 9.17) is 0 Å². The van der Waals surface area contributed by atoms with Crippen LogP contribution >= 0.6 is 0 Å². The molecule has 27 heavy (non-hydrogen) atoms. The second-order valence-electron chi connectivity index (χ2n) is 6.97. The standard InChI is InChI=1S/C20H26FN3O3/c1-14-15(9-10-23(4)12-11-22(2)3)13-24(19(25)18(14)20(26)27)17-7-5-16(21)6-8-17/h5-8,13H,9-12H2,1-4H3,(H,26,27). The minimum Gasteiger partial charge on any atom is -0.477 e. The van der Waals surface area contributed by atoms with Crippen molar-refractivity contribution in [3.05, 3.63) is 63.3 Å². The highest BCUT2D eigenvalue weighted by Gasteiger charge is 2.19. The van der Waals surface area contributed by atoms with E-state index in [2.05, 4.69) is 9.80 Å². The molecule has 1 aromatic carbocycles. The highest BCUT2D eigenvalue weighted by Crippen LogP contribution is 2.15. The van der Waals surface area contributed by atoms with Crippen molar-refractivity contribution in [2.75, 3.05) is 40.8 Å². The zero-order valence-electron chi connectivity index (χ0n) is 16.2. The fraction of sp³-hybridized carbons (Fsp3) is 0.400. The summed E-state index contributed by atoms with van der Waals surface area (Å²) in [4.78, 5) is 28.6. The Hall–Kier alpha value is -2.51. The van der Waals surface area contributed by atoms with E-state index in [1.54, 1.807) is 13.1 Å². The second kappa shape index (κ2) is 8.92. The van der Waals surface area contributed by atoms with Gasteiger partial charge in [-0.1, -0.05) is 0 Å². The van der Waals surface area contributed by atoms with Gasteiger partial charge in [0, 0.05) is 31.5 Å². The number of carboxylic acids is 1. The molecule has 0 fully saturated rings. The average molecular weight is 375 g/mol. The van der Waals surface area contributed by atoms with E-state index in [1.807, 2.05) is 21.1 Å². The zero-order valence-corrected chi connectivity index (χ0v) is 16.2. The van der Waals surface area contributed by atoms with Crippen molar-refractivity contribution in [2.45, 2.75) is 13.3 Å². The van der Waals surface area contributed by atoms with Crippen LogP contribution in [0, 0.1) is 12.7 Å². The van der Waals surface area contributed by atoms with Gasteiger partial charge < -0.3 is 14.9 Å². The number of hydrogen-bond acceptors (Lipinski definition) is 4. The van der Waals surface area contributed by atoms with Gasteiger partial charge in [0.05, 0.1) is 0 Å². The molecule has 0 aliphatic heterocycles. The highest BCUT2D eigenvalue weighted by molar-refractivity contribution is 5.89. The smallest absolute Gasteiger partial charge is 0.341 e. The molecule has 1 heterocycles. The van der Waals surface area contributed by atoms with Crippen LogP contribution in [-0.2, 0) is 6.42 Å². The fourth-order valence-corrected chi connectivity index (χ4v) is 2.84. The number of aromatic nitrogens is 1. The van der Waals surface area contributed by atoms with E-state index in [0.29, 0.717) is 17.7 Å². The lowest BCUT2D eigenvalue weighted by Gasteiger charge is -2.20. The van der Waals surface area contributed by atoms with Crippen LogP contribution in [0.2, 0.25) is 0 Å². The molecule has 6 nitrogen and oxygen atoms in total. The van der Waals surface area contributed by atoms with Crippen molar-refractivity contribution in [2.24, 2.45) is 0 Å². The van der Waals surface area contributed by atoms with Crippen LogP contribution < -0.4 is 5.56 Å². The molecule has 0 saturated carbocycles. The first-order chi connectivity index (χ1) is 12.7. The first kappa shape index (κ1) is 20.8. The molecule has 0 radical (unpaired) electrons. The van der Waals surface area contributed by atoms with Gasteiger partial charge in [0.2, 0.25) is 0 Å². The van der Waals surface area contributed by atoms with Crippen LogP contribution in [0.1, 0.15) is 21.5 Å². The number of nitrogens with zero attached hydrogens (tertiary/aromatic N) is 3. The van der Waals surface area contributed by atoms with Gasteiger partial charge >= 0.3 is 5.97 Å². The normalized spacial score (nSPS) is 11.4. The van der Waals surface area contributed by atoms with E-state index in [-0.39, 0.29) is 5.56 Å². The van der Waals surface area contributed by atoms with Crippen LogP contribution in [0.4, 0.5) is 4.39 Å². The molecule has 0 atom stereocenters. The topological polar surface area (TPSA) is 65.8 Å². The first-order valence-corrected chi connectivity index (χ1v) is 8.78. The Labute approximate surface area is 158 Å². The largest absolute Gasteiger partial charge is 0.477 e. The van der Waals surface area contributed by atoms with Crippen molar-refractivity contribution in [3.8, 4) is 5.69 Å². The van der Waals surface area contributed by atoms with E-state index in [1.165, 1.54) is 28.8 Å². The monoisotopic (exact) mass is 375 g/mol. The molecule has 1 aromatic heterocycles. The van der Waals surface area contributed by atoms with Crippen molar-refractivity contribution < 1.29 is 14.3 Å². The van der Waals surface area contributed by atoms with Crippen molar-refractivity contribution in [1.82, 2.24) is 14.4 Å². The number of benzene rings is 1. The summed E-state index contributed by atoms with van der Waals surface area (Å²) in [5.74, 6) is -1.67.